The van der Waals surface area contributed by atoms with Gasteiger partial charge in [0, 0.05) is 32.2 Å². The Labute approximate surface area is 115 Å². The molecule has 0 amide bonds. The van der Waals surface area contributed by atoms with Crippen LogP contribution in [0.1, 0.15) is 25.7 Å². The fourth-order valence-corrected chi connectivity index (χ4v) is 3.23. The van der Waals surface area contributed by atoms with Crippen LogP contribution in [0.3, 0.4) is 0 Å². The second-order valence-corrected chi connectivity index (χ2v) is 6.10. The Morgan fingerprint density at radius 2 is 1.95 bits per heavy atom. The first-order chi connectivity index (χ1) is 9.22. The van der Waals surface area contributed by atoms with Gasteiger partial charge in [-0.15, -0.1) is 0 Å². The quantitative estimate of drug-likeness (QED) is 0.475. The lowest BCUT2D eigenvalue weighted by Crippen LogP contribution is -2.51. The van der Waals surface area contributed by atoms with E-state index >= 15 is 0 Å². The van der Waals surface area contributed by atoms with Gasteiger partial charge in [-0.3, -0.25) is 4.90 Å². The summed E-state index contributed by atoms with van der Waals surface area (Å²) >= 11 is 0. The average Bonchev–Trinajstić information content (AvgIpc) is 3.20. The van der Waals surface area contributed by atoms with E-state index in [2.05, 4.69) is 10.2 Å². The van der Waals surface area contributed by atoms with E-state index in [1.807, 2.05) is 0 Å². The minimum atomic E-state index is -0.141. The second-order valence-electron chi connectivity index (χ2n) is 6.10. The first-order valence-corrected chi connectivity index (χ1v) is 7.58. The van der Waals surface area contributed by atoms with Gasteiger partial charge in [0.05, 0.1) is 19.3 Å². The molecular weight excluding hydrogens is 244 g/mol. The molecule has 2 rings (SSSR count). The predicted molar refractivity (Wildman–Crippen MR) is 73.9 cm³/mol. The SMILES string of the molecule is OCCNC1CC(CC(O)C2CC2)CN(CCO)C1. The molecule has 1 saturated carbocycles. The Hall–Kier alpha value is -0.200. The summed E-state index contributed by atoms with van der Waals surface area (Å²) < 4.78 is 0. The van der Waals surface area contributed by atoms with E-state index in [0.29, 0.717) is 31.0 Å². The Kier molecular flexibility index (Phi) is 6.04. The maximum atomic E-state index is 10.1. The van der Waals surface area contributed by atoms with Gasteiger partial charge in [-0.05, 0) is 37.5 Å². The molecule has 0 bridgehead atoms. The van der Waals surface area contributed by atoms with Gasteiger partial charge in [0.1, 0.15) is 0 Å². The molecule has 1 heterocycles. The summed E-state index contributed by atoms with van der Waals surface area (Å²) in [4.78, 5) is 2.27. The Bertz CT molecular complexity index is 261. The standard InChI is InChI=1S/C14H28N2O3/c17-5-3-15-13-7-11(8-14(19)12-1-2-12)9-16(10-13)4-6-18/h11-15,17-19H,1-10H2. The molecular formula is C14H28N2O3. The highest BCUT2D eigenvalue weighted by molar-refractivity contribution is 4.88. The van der Waals surface area contributed by atoms with Gasteiger partial charge < -0.3 is 20.6 Å². The van der Waals surface area contributed by atoms with Crippen molar-refractivity contribution < 1.29 is 15.3 Å². The lowest BCUT2D eigenvalue weighted by molar-refractivity contribution is 0.0665. The smallest absolute Gasteiger partial charge is 0.0571 e. The lowest BCUT2D eigenvalue weighted by atomic mass is 9.88. The maximum absolute atomic E-state index is 10.1. The average molecular weight is 272 g/mol. The number of nitrogens with one attached hydrogen (secondary N) is 1. The number of aliphatic hydroxyl groups is 3. The van der Waals surface area contributed by atoms with Crippen LogP contribution in [0, 0.1) is 11.8 Å². The zero-order chi connectivity index (χ0) is 13.7. The number of piperidine rings is 1. The minimum Gasteiger partial charge on any atom is -0.395 e. The number of hydrogen-bond acceptors (Lipinski definition) is 5. The van der Waals surface area contributed by atoms with Crippen molar-refractivity contribution in [2.45, 2.75) is 37.8 Å². The van der Waals surface area contributed by atoms with Crippen LogP contribution in [-0.2, 0) is 0 Å². The molecule has 0 aromatic carbocycles. The van der Waals surface area contributed by atoms with Gasteiger partial charge in [-0.1, -0.05) is 0 Å². The van der Waals surface area contributed by atoms with Crippen molar-refractivity contribution >= 4 is 0 Å². The van der Waals surface area contributed by atoms with E-state index in [1.165, 1.54) is 12.8 Å². The van der Waals surface area contributed by atoms with Gasteiger partial charge in [0.2, 0.25) is 0 Å². The van der Waals surface area contributed by atoms with Gasteiger partial charge >= 0.3 is 0 Å². The third-order valence-corrected chi connectivity index (χ3v) is 4.31. The van der Waals surface area contributed by atoms with Crippen LogP contribution in [0.25, 0.3) is 0 Å². The van der Waals surface area contributed by atoms with E-state index in [9.17, 15) is 5.11 Å². The first-order valence-electron chi connectivity index (χ1n) is 7.58. The van der Waals surface area contributed by atoms with Gasteiger partial charge in [-0.25, -0.2) is 0 Å². The highest BCUT2D eigenvalue weighted by Crippen LogP contribution is 2.36. The highest BCUT2D eigenvalue weighted by Gasteiger charge is 2.34. The van der Waals surface area contributed by atoms with Crippen molar-refractivity contribution in [1.29, 1.82) is 0 Å². The largest absolute Gasteiger partial charge is 0.395 e. The van der Waals surface area contributed by atoms with Crippen molar-refractivity contribution in [3.05, 3.63) is 0 Å². The molecule has 0 radical (unpaired) electrons. The van der Waals surface area contributed by atoms with Crippen molar-refractivity contribution in [3.63, 3.8) is 0 Å². The molecule has 0 aromatic rings. The highest BCUT2D eigenvalue weighted by atomic mass is 16.3. The summed E-state index contributed by atoms with van der Waals surface area (Å²) in [6.07, 6.45) is 4.16. The molecule has 2 aliphatic rings. The summed E-state index contributed by atoms with van der Waals surface area (Å²) in [7, 11) is 0. The number of aliphatic hydroxyl groups excluding tert-OH is 3. The summed E-state index contributed by atoms with van der Waals surface area (Å²) in [5.74, 6) is 1.03. The molecule has 1 saturated heterocycles. The fourth-order valence-electron chi connectivity index (χ4n) is 3.23. The number of likely N-dealkylation sites (tertiary alicyclic amines) is 1. The van der Waals surface area contributed by atoms with Crippen LogP contribution < -0.4 is 5.32 Å². The summed E-state index contributed by atoms with van der Waals surface area (Å²) in [5.41, 5.74) is 0. The topological polar surface area (TPSA) is 76.0 Å². The van der Waals surface area contributed by atoms with Crippen molar-refractivity contribution in [2.24, 2.45) is 11.8 Å². The Morgan fingerprint density at radius 3 is 2.58 bits per heavy atom. The number of β-amino-alcohol motifs (C(OH)–C–C–N with tert-alkyl or cyclic N) is 1. The zero-order valence-electron chi connectivity index (χ0n) is 11.7. The molecule has 0 spiro atoms. The van der Waals surface area contributed by atoms with Crippen LogP contribution in [0.15, 0.2) is 0 Å². The molecule has 2 fully saturated rings. The molecule has 5 heteroatoms. The normalized spacial score (nSPS) is 30.5. The third-order valence-electron chi connectivity index (χ3n) is 4.31. The van der Waals surface area contributed by atoms with E-state index in [1.54, 1.807) is 0 Å². The molecule has 3 unspecified atom stereocenters. The number of nitrogens with zero attached hydrogens (tertiary/aromatic N) is 1. The Balaban J connectivity index is 1.81. The van der Waals surface area contributed by atoms with Crippen molar-refractivity contribution in [3.8, 4) is 0 Å². The molecule has 3 atom stereocenters. The third kappa shape index (κ3) is 5.00. The first kappa shape index (κ1) is 15.2. The molecule has 112 valence electrons. The molecule has 0 aromatic heterocycles. The number of hydrogen-bond donors (Lipinski definition) is 4. The fraction of sp³-hybridized carbons (Fsp3) is 1.00. The molecule has 1 aliphatic heterocycles. The molecule has 4 N–H and O–H groups in total. The number of rotatable bonds is 8. The van der Waals surface area contributed by atoms with Gasteiger partial charge in [-0.2, -0.15) is 0 Å². The van der Waals surface area contributed by atoms with Crippen LogP contribution in [-0.4, -0.2) is 71.8 Å². The van der Waals surface area contributed by atoms with Crippen LogP contribution in [0.5, 0.6) is 0 Å². The second kappa shape index (κ2) is 7.55. The monoisotopic (exact) mass is 272 g/mol. The van der Waals surface area contributed by atoms with E-state index in [0.717, 1.165) is 25.9 Å². The van der Waals surface area contributed by atoms with Crippen molar-refractivity contribution in [1.82, 2.24) is 10.2 Å². The van der Waals surface area contributed by atoms with Crippen molar-refractivity contribution in [2.75, 3.05) is 39.4 Å². The van der Waals surface area contributed by atoms with E-state index in [-0.39, 0.29) is 19.3 Å². The van der Waals surface area contributed by atoms with Gasteiger partial charge in [0.15, 0.2) is 0 Å². The van der Waals surface area contributed by atoms with Crippen LogP contribution in [0.4, 0.5) is 0 Å². The lowest BCUT2D eigenvalue weighted by Gasteiger charge is -2.38. The molecule has 19 heavy (non-hydrogen) atoms. The maximum Gasteiger partial charge on any atom is 0.0571 e. The van der Waals surface area contributed by atoms with E-state index in [4.69, 9.17) is 10.2 Å². The van der Waals surface area contributed by atoms with Gasteiger partial charge in [0.25, 0.3) is 0 Å². The Morgan fingerprint density at radius 1 is 1.16 bits per heavy atom. The minimum absolute atomic E-state index is 0.141. The van der Waals surface area contributed by atoms with Crippen LogP contribution in [0.2, 0.25) is 0 Å². The predicted octanol–water partition coefficient (Wildman–Crippen LogP) is -0.588. The molecule has 1 aliphatic carbocycles. The zero-order valence-corrected chi connectivity index (χ0v) is 11.7. The summed E-state index contributed by atoms with van der Waals surface area (Å²) in [6, 6.07) is 0.365. The molecule has 5 nitrogen and oxygen atoms in total. The summed E-state index contributed by atoms with van der Waals surface area (Å²) in [6.45, 7) is 3.57. The van der Waals surface area contributed by atoms with E-state index < -0.39 is 0 Å². The van der Waals surface area contributed by atoms with Crippen LogP contribution >= 0.6 is 0 Å². The summed E-state index contributed by atoms with van der Waals surface area (Å²) in [5, 5.41) is 31.4.